The lowest BCUT2D eigenvalue weighted by molar-refractivity contribution is -0.384. The number of non-ortho nitro benzene ring substituents is 1. The zero-order valence-electron chi connectivity index (χ0n) is 12.0. The van der Waals surface area contributed by atoms with Gasteiger partial charge in [-0.15, -0.1) is 0 Å². The molecule has 1 aromatic heterocycles. The minimum absolute atomic E-state index is 0.000603. The van der Waals surface area contributed by atoms with E-state index in [9.17, 15) is 10.1 Å². The van der Waals surface area contributed by atoms with Crippen molar-refractivity contribution in [2.75, 3.05) is 11.9 Å². The molecular weight excluding hydrogens is 270 g/mol. The van der Waals surface area contributed by atoms with E-state index >= 15 is 0 Å². The molecule has 1 N–H and O–H groups in total. The lowest BCUT2D eigenvalue weighted by Gasteiger charge is -2.09. The number of nitro benzene ring substituents is 1. The van der Waals surface area contributed by atoms with Crippen LogP contribution in [0.5, 0.6) is 5.75 Å². The summed E-state index contributed by atoms with van der Waals surface area (Å²) < 4.78 is 5.35. The molecule has 2 aromatic rings. The molecule has 0 spiro atoms. The van der Waals surface area contributed by atoms with Gasteiger partial charge in [-0.3, -0.25) is 15.1 Å². The Labute approximate surface area is 122 Å². The van der Waals surface area contributed by atoms with Gasteiger partial charge in [0.1, 0.15) is 5.75 Å². The number of benzene rings is 1. The maximum atomic E-state index is 10.9. The van der Waals surface area contributed by atoms with Crippen LogP contribution < -0.4 is 10.1 Å². The first-order valence-corrected chi connectivity index (χ1v) is 6.67. The van der Waals surface area contributed by atoms with Crippen molar-refractivity contribution in [1.82, 2.24) is 4.98 Å². The molecule has 1 aromatic carbocycles. The standard InChI is InChI=1S/C15H17N3O3/c1-3-21-15-8-13(7-14(9-15)18(19)20)16-10-12-6-4-5-11(2)17-12/h4-9,16H,3,10H2,1-2H3. The molecule has 0 radical (unpaired) electrons. The van der Waals surface area contributed by atoms with Crippen LogP contribution in [0.25, 0.3) is 0 Å². The fourth-order valence-corrected chi connectivity index (χ4v) is 1.93. The Bertz CT molecular complexity index is 644. The summed E-state index contributed by atoms with van der Waals surface area (Å²) in [7, 11) is 0. The molecule has 0 aliphatic heterocycles. The average Bonchev–Trinajstić information content (AvgIpc) is 2.45. The lowest BCUT2D eigenvalue weighted by atomic mass is 10.2. The Morgan fingerprint density at radius 1 is 1.33 bits per heavy atom. The Kier molecular flexibility index (Phi) is 4.71. The maximum Gasteiger partial charge on any atom is 0.275 e. The predicted octanol–water partition coefficient (Wildman–Crippen LogP) is 3.31. The topological polar surface area (TPSA) is 77.3 Å². The minimum atomic E-state index is -0.432. The number of rotatable bonds is 6. The van der Waals surface area contributed by atoms with Crippen LogP contribution in [0, 0.1) is 17.0 Å². The predicted molar refractivity (Wildman–Crippen MR) is 80.6 cm³/mol. The highest BCUT2D eigenvalue weighted by molar-refractivity contribution is 5.56. The van der Waals surface area contributed by atoms with E-state index in [0.717, 1.165) is 11.4 Å². The molecule has 0 unspecified atom stereocenters. The van der Waals surface area contributed by atoms with Gasteiger partial charge < -0.3 is 10.1 Å². The molecule has 0 amide bonds. The largest absolute Gasteiger partial charge is 0.494 e. The quantitative estimate of drug-likeness (QED) is 0.651. The summed E-state index contributed by atoms with van der Waals surface area (Å²) in [5, 5.41) is 14.1. The highest BCUT2D eigenvalue weighted by Gasteiger charge is 2.10. The van der Waals surface area contributed by atoms with Gasteiger partial charge in [0.25, 0.3) is 5.69 Å². The van der Waals surface area contributed by atoms with E-state index in [1.54, 1.807) is 6.07 Å². The molecular formula is C15H17N3O3. The van der Waals surface area contributed by atoms with Crippen LogP contribution in [0.1, 0.15) is 18.3 Å². The number of pyridine rings is 1. The number of anilines is 1. The maximum absolute atomic E-state index is 10.9. The van der Waals surface area contributed by atoms with Gasteiger partial charge in [-0.1, -0.05) is 6.07 Å². The summed E-state index contributed by atoms with van der Waals surface area (Å²) in [6, 6.07) is 10.4. The van der Waals surface area contributed by atoms with Crippen molar-refractivity contribution in [3.05, 3.63) is 57.9 Å². The summed E-state index contributed by atoms with van der Waals surface area (Å²) in [5.74, 6) is 0.478. The van der Waals surface area contributed by atoms with Crippen molar-refractivity contribution >= 4 is 11.4 Å². The number of hydrogen-bond acceptors (Lipinski definition) is 5. The second-order valence-electron chi connectivity index (χ2n) is 4.53. The number of aromatic nitrogens is 1. The van der Waals surface area contributed by atoms with E-state index in [4.69, 9.17) is 4.74 Å². The van der Waals surface area contributed by atoms with Crippen molar-refractivity contribution in [3.63, 3.8) is 0 Å². The summed E-state index contributed by atoms with van der Waals surface area (Å²) in [6.45, 7) is 4.71. The van der Waals surface area contributed by atoms with Crippen LogP contribution in [-0.4, -0.2) is 16.5 Å². The van der Waals surface area contributed by atoms with Crippen LogP contribution in [0.4, 0.5) is 11.4 Å². The Morgan fingerprint density at radius 3 is 2.81 bits per heavy atom. The Balaban J connectivity index is 2.16. The second kappa shape index (κ2) is 6.69. The van der Waals surface area contributed by atoms with Crippen LogP contribution in [0.3, 0.4) is 0 Å². The fourth-order valence-electron chi connectivity index (χ4n) is 1.93. The molecule has 2 rings (SSSR count). The van der Waals surface area contributed by atoms with Gasteiger partial charge in [-0.05, 0) is 26.0 Å². The monoisotopic (exact) mass is 287 g/mol. The van der Waals surface area contributed by atoms with Crippen molar-refractivity contribution < 1.29 is 9.66 Å². The molecule has 0 aliphatic carbocycles. The first-order chi connectivity index (χ1) is 10.1. The zero-order valence-corrected chi connectivity index (χ0v) is 12.0. The van der Waals surface area contributed by atoms with E-state index in [0.29, 0.717) is 24.6 Å². The second-order valence-corrected chi connectivity index (χ2v) is 4.53. The molecule has 0 fully saturated rings. The van der Waals surface area contributed by atoms with Crippen LogP contribution in [0.2, 0.25) is 0 Å². The third kappa shape index (κ3) is 4.17. The van der Waals surface area contributed by atoms with Gasteiger partial charge in [0.05, 0.1) is 29.8 Å². The molecule has 0 aliphatic rings. The third-order valence-electron chi connectivity index (χ3n) is 2.83. The summed E-state index contributed by atoms with van der Waals surface area (Å²) in [6.07, 6.45) is 0. The van der Waals surface area contributed by atoms with Gasteiger partial charge in [0.2, 0.25) is 0 Å². The molecule has 110 valence electrons. The van der Waals surface area contributed by atoms with Gasteiger partial charge in [-0.2, -0.15) is 0 Å². The van der Waals surface area contributed by atoms with E-state index in [-0.39, 0.29) is 5.69 Å². The molecule has 0 saturated heterocycles. The Hall–Kier alpha value is -2.63. The lowest BCUT2D eigenvalue weighted by Crippen LogP contribution is -2.03. The summed E-state index contributed by atoms with van der Waals surface area (Å²) >= 11 is 0. The molecule has 0 bridgehead atoms. The minimum Gasteiger partial charge on any atom is -0.494 e. The van der Waals surface area contributed by atoms with Crippen LogP contribution in [0.15, 0.2) is 36.4 Å². The summed E-state index contributed by atoms with van der Waals surface area (Å²) in [5.41, 5.74) is 2.44. The third-order valence-corrected chi connectivity index (χ3v) is 2.83. The van der Waals surface area contributed by atoms with Gasteiger partial charge in [-0.25, -0.2) is 0 Å². The zero-order chi connectivity index (χ0) is 15.2. The number of nitrogens with zero attached hydrogens (tertiary/aromatic N) is 2. The van der Waals surface area contributed by atoms with Gasteiger partial charge in [0.15, 0.2) is 0 Å². The Morgan fingerprint density at radius 2 is 2.14 bits per heavy atom. The molecule has 1 heterocycles. The number of aryl methyl sites for hydroxylation is 1. The first kappa shape index (κ1) is 14.8. The van der Waals surface area contributed by atoms with E-state index in [1.165, 1.54) is 12.1 Å². The first-order valence-electron chi connectivity index (χ1n) is 6.67. The van der Waals surface area contributed by atoms with Crippen LogP contribution >= 0.6 is 0 Å². The number of nitrogens with one attached hydrogen (secondary N) is 1. The smallest absolute Gasteiger partial charge is 0.275 e. The SMILES string of the molecule is CCOc1cc(NCc2cccc(C)n2)cc([N+](=O)[O-])c1. The number of hydrogen-bond donors (Lipinski definition) is 1. The van der Waals surface area contributed by atoms with Crippen molar-refractivity contribution in [2.45, 2.75) is 20.4 Å². The molecule has 0 atom stereocenters. The van der Waals surface area contributed by atoms with Crippen LogP contribution in [-0.2, 0) is 6.54 Å². The summed E-state index contributed by atoms with van der Waals surface area (Å²) in [4.78, 5) is 14.9. The number of nitro groups is 1. The van der Waals surface area contributed by atoms with E-state index in [1.807, 2.05) is 32.0 Å². The molecule has 0 saturated carbocycles. The molecule has 6 heteroatoms. The molecule has 21 heavy (non-hydrogen) atoms. The van der Waals surface area contributed by atoms with Crippen molar-refractivity contribution in [2.24, 2.45) is 0 Å². The highest BCUT2D eigenvalue weighted by Crippen LogP contribution is 2.26. The highest BCUT2D eigenvalue weighted by atomic mass is 16.6. The normalized spacial score (nSPS) is 10.2. The van der Waals surface area contributed by atoms with E-state index < -0.39 is 4.92 Å². The fraction of sp³-hybridized carbons (Fsp3) is 0.267. The van der Waals surface area contributed by atoms with Gasteiger partial charge >= 0.3 is 0 Å². The van der Waals surface area contributed by atoms with Crippen molar-refractivity contribution in [3.8, 4) is 5.75 Å². The van der Waals surface area contributed by atoms with Gasteiger partial charge in [0, 0.05) is 23.5 Å². The van der Waals surface area contributed by atoms with Crippen molar-refractivity contribution in [1.29, 1.82) is 0 Å². The average molecular weight is 287 g/mol. The number of ether oxygens (including phenoxy) is 1. The molecule has 6 nitrogen and oxygen atoms in total. The van der Waals surface area contributed by atoms with E-state index in [2.05, 4.69) is 10.3 Å².